The Hall–Kier alpha value is -6.09. The SMILES string of the molecule is Cc1cc2c(Cl)ncnc2cc1OCCCN1CCCC1.Cc1cc2c(Oc3cc4cc[nH]c4cc3F)ncnc2cc1OCCCN1CCCC1.Oc1cc2cc[nH]c2cc1F. The highest BCUT2D eigenvalue weighted by atomic mass is 35.5. The van der Waals surface area contributed by atoms with Crippen LogP contribution >= 0.6 is 11.6 Å². The summed E-state index contributed by atoms with van der Waals surface area (Å²) >= 11 is 6.08. The highest BCUT2D eigenvalue weighted by molar-refractivity contribution is 6.34. The molecule has 0 atom stereocenters. The van der Waals surface area contributed by atoms with Gasteiger partial charge in [0.2, 0.25) is 5.88 Å². The number of aromatic hydroxyl groups is 1. The van der Waals surface area contributed by atoms with E-state index in [4.69, 9.17) is 30.9 Å². The average molecular weight is 877 g/mol. The summed E-state index contributed by atoms with van der Waals surface area (Å²) in [4.78, 5) is 27.7. The zero-order valence-electron chi connectivity index (χ0n) is 35.5. The molecule has 0 radical (unpaired) electrons. The van der Waals surface area contributed by atoms with Gasteiger partial charge in [-0.05, 0) is 126 Å². The minimum Gasteiger partial charge on any atom is -0.505 e. The molecule has 0 amide bonds. The molecule has 4 aromatic carbocycles. The van der Waals surface area contributed by atoms with Gasteiger partial charge in [0.05, 0.1) is 29.6 Å². The van der Waals surface area contributed by atoms with Gasteiger partial charge >= 0.3 is 0 Å². The fourth-order valence-electron chi connectivity index (χ4n) is 7.97. The van der Waals surface area contributed by atoms with Crippen molar-refractivity contribution in [3.05, 3.63) is 114 Å². The third-order valence-corrected chi connectivity index (χ3v) is 11.7. The van der Waals surface area contributed by atoms with Crippen LogP contribution in [0.3, 0.4) is 0 Å². The first-order valence-electron chi connectivity index (χ1n) is 21.4. The van der Waals surface area contributed by atoms with E-state index >= 15 is 0 Å². The molecule has 2 aliphatic rings. The van der Waals surface area contributed by atoms with E-state index in [1.807, 2.05) is 44.2 Å². The van der Waals surface area contributed by atoms with Gasteiger partial charge in [0.15, 0.2) is 23.1 Å². The number of benzene rings is 4. The molecule has 2 aliphatic heterocycles. The normalized spacial score (nSPS) is 14.2. The van der Waals surface area contributed by atoms with Crippen molar-refractivity contribution in [1.29, 1.82) is 0 Å². The topological polar surface area (TPSA) is 138 Å². The molecular weight excluding hydrogens is 826 g/mol. The van der Waals surface area contributed by atoms with Crippen LogP contribution in [0.2, 0.25) is 5.15 Å². The Morgan fingerprint density at radius 2 is 1.16 bits per heavy atom. The monoisotopic (exact) mass is 876 g/mol. The number of phenols is 1. The van der Waals surface area contributed by atoms with Crippen LogP contribution in [0.4, 0.5) is 8.78 Å². The van der Waals surface area contributed by atoms with Crippen LogP contribution < -0.4 is 14.2 Å². The molecule has 10 rings (SSSR count). The number of ether oxygens (including phenoxy) is 3. The predicted molar refractivity (Wildman–Crippen MR) is 243 cm³/mol. The number of phenolic OH excluding ortho intramolecular Hbond substituents is 1. The summed E-state index contributed by atoms with van der Waals surface area (Å²) in [6, 6.07) is 17.2. The minimum atomic E-state index is -0.597. The molecule has 0 bridgehead atoms. The number of halogens is 3. The number of aromatic nitrogens is 6. The number of fused-ring (bicyclic) bond motifs is 4. The molecule has 2 fully saturated rings. The summed E-state index contributed by atoms with van der Waals surface area (Å²) in [6.07, 6.45) is 13.7. The minimum absolute atomic E-state index is 0.131. The van der Waals surface area contributed by atoms with Crippen LogP contribution in [0.25, 0.3) is 43.6 Å². The summed E-state index contributed by atoms with van der Waals surface area (Å²) in [6.45, 7) is 12.5. The second-order valence-electron chi connectivity index (χ2n) is 15.9. The van der Waals surface area contributed by atoms with Crippen LogP contribution in [0, 0.1) is 25.5 Å². The van der Waals surface area contributed by atoms with Crippen LogP contribution in [-0.4, -0.2) is 97.3 Å². The van der Waals surface area contributed by atoms with E-state index in [2.05, 4.69) is 39.7 Å². The molecule has 6 heterocycles. The molecule has 0 spiro atoms. The molecule has 0 unspecified atom stereocenters. The third-order valence-electron chi connectivity index (χ3n) is 11.4. The number of H-pyrrole nitrogens is 2. The summed E-state index contributed by atoms with van der Waals surface area (Å²) in [7, 11) is 0. The molecule has 0 saturated carbocycles. The number of likely N-dealkylation sites (tertiary alicyclic amines) is 2. The van der Waals surface area contributed by atoms with Crippen molar-refractivity contribution in [2.24, 2.45) is 0 Å². The maximum Gasteiger partial charge on any atom is 0.230 e. The Balaban J connectivity index is 0.000000146. The number of hydrogen-bond acceptors (Lipinski definition) is 10. The first kappa shape index (κ1) is 43.6. The quantitative estimate of drug-likeness (QED) is 0.0803. The van der Waals surface area contributed by atoms with Crippen LogP contribution in [0.1, 0.15) is 49.7 Å². The number of aryl methyl sites for hydroxylation is 2. The van der Waals surface area contributed by atoms with Gasteiger partial charge in [-0.1, -0.05) is 11.6 Å². The number of nitrogens with one attached hydrogen (secondary N) is 2. The van der Waals surface area contributed by atoms with Crippen LogP contribution in [0.15, 0.2) is 85.7 Å². The van der Waals surface area contributed by atoms with Gasteiger partial charge in [-0.15, -0.1) is 0 Å². The third kappa shape index (κ3) is 10.9. The molecule has 12 nitrogen and oxygen atoms in total. The van der Waals surface area contributed by atoms with Gasteiger partial charge in [-0.3, -0.25) is 0 Å². The average Bonchev–Trinajstić information content (AvgIpc) is 4.13. The van der Waals surface area contributed by atoms with Gasteiger partial charge in [-0.25, -0.2) is 28.7 Å². The van der Waals surface area contributed by atoms with Crippen LogP contribution in [0.5, 0.6) is 28.9 Å². The number of rotatable bonds is 12. The molecule has 4 aromatic heterocycles. The lowest BCUT2D eigenvalue weighted by atomic mass is 10.1. The molecule has 0 aliphatic carbocycles. The van der Waals surface area contributed by atoms with E-state index in [-0.39, 0.29) is 11.5 Å². The Labute approximate surface area is 369 Å². The second kappa shape index (κ2) is 20.4. The van der Waals surface area contributed by atoms with Crippen molar-refractivity contribution in [2.75, 3.05) is 52.5 Å². The number of aromatic amines is 2. The van der Waals surface area contributed by atoms with Gasteiger partial charge in [-0.2, -0.15) is 0 Å². The van der Waals surface area contributed by atoms with Crippen molar-refractivity contribution in [2.45, 2.75) is 52.4 Å². The van der Waals surface area contributed by atoms with E-state index in [9.17, 15) is 8.78 Å². The fraction of sp³-hybridized carbons (Fsp3) is 0.333. The summed E-state index contributed by atoms with van der Waals surface area (Å²) in [5.74, 6) is 0.792. The van der Waals surface area contributed by atoms with Gasteiger partial charge in [0.1, 0.15) is 29.3 Å². The summed E-state index contributed by atoms with van der Waals surface area (Å²) < 4.78 is 45.0. The highest BCUT2D eigenvalue weighted by Crippen LogP contribution is 2.34. The van der Waals surface area contributed by atoms with Gasteiger partial charge in [0.25, 0.3) is 0 Å². The lowest BCUT2D eigenvalue weighted by Crippen LogP contribution is -2.21. The second-order valence-corrected chi connectivity index (χ2v) is 16.3. The molecule has 2 saturated heterocycles. The number of hydrogen-bond donors (Lipinski definition) is 3. The highest BCUT2D eigenvalue weighted by Gasteiger charge is 2.16. The maximum absolute atomic E-state index is 14.5. The van der Waals surface area contributed by atoms with Gasteiger partial charge < -0.3 is 39.1 Å². The molecule has 328 valence electrons. The molecule has 3 N–H and O–H groups in total. The van der Waals surface area contributed by atoms with Gasteiger partial charge in [0, 0.05) is 76.9 Å². The van der Waals surface area contributed by atoms with E-state index in [1.165, 1.54) is 82.7 Å². The first-order valence-corrected chi connectivity index (χ1v) is 21.8. The van der Waals surface area contributed by atoms with Crippen molar-refractivity contribution < 1.29 is 28.1 Å². The van der Waals surface area contributed by atoms with Crippen LogP contribution in [-0.2, 0) is 0 Å². The smallest absolute Gasteiger partial charge is 0.230 e. The molecule has 15 heteroatoms. The summed E-state index contributed by atoms with van der Waals surface area (Å²) in [5.41, 5.74) is 4.98. The van der Waals surface area contributed by atoms with Crippen molar-refractivity contribution in [3.8, 4) is 28.9 Å². The lowest BCUT2D eigenvalue weighted by molar-refractivity contribution is 0.262. The zero-order chi connectivity index (χ0) is 43.7. The van der Waals surface area contributed by atoms with E-state index < -0.39 is 11.6 Å². The number of nitrogens with zero attached hydrogens (tertiary/aromatic N) is 6. The van der Waals surface area contributed by atoms with E-state index in [1.54, 1.807) is 24.5 Å². The standard InChI is InChI=1S/C24H25FN4O2.C16H20ClN3O.C8H6FNO/c1-16-11-18-21(14-22(16)30-10-4-9-29-7-2-3-8-29)27-15-28-24(18)31-23-12-17-5-6-26-20(17)13-19(23)25;1-12-9-13-14(18-11-19-16(13)17)10-15(12)21-8-4-7-20-5-2-3-6-20;9-6-4-7-5(1-2-10-7)3-8(6)11/h5-6,11-15,26H,2-4,7-10H2,1H3;9-11H,2-8H2,1H3;1-4,10-11H. The molecule has 8 aromatic rings. The Kier molecular flexibility index (Phi) is 14.1. The van der Waals surface area contributed by atoms with Crippen molar-refractivity contribution in [1.82, 2.24) is 39.7 Å². The predicted octanol–water partition coefficient (Wildman–Crippen LogP) is 10.7. The molecular formula is C48H51ClF2N8O4. The largest absolute Gasteiger partial charge is 0.505 e. The van der Waals surface area contributed by atoms with Crippen molar-refractivity contribution in [3.63, 3.8) is 0 Å². The Bertz CT molecular complexity index is 2770. The zero-order valence-corrected chi connectivity index (χ0v) is 36.2. The van der Waals surface area contributed by atoms with E-state index in [0.717, 1.165) is 87.7 Å². The maximum atomic E-state index is 14.5. The Morgan fingerprint density at radius 1 is 0.635 bits per heavy atom. The first-order chi connectivity index (χ1) is 30.7. The van der Waals surface area contributed by atoms with E-state index in [0.29, 0.717) is 28.7 Å². The lowest BCUT2D eigenvalue weighted by Gasteiger charge is -2.15. The summed E-state index contributed by atoms with van der Waals surface area (Å²) in [5, 5.41) is 12.7. The Morgan fingerprint density at radius 3 is 1.76 bits per heavy atom. The fourth-order valence-corrected chi connectivity index (χ4v) is 8.17. The van der Waals surface area contributed by atoms with Crippen molar-refractivity contribution >= 4 is 55.2 Å². The molecule has 63 heavy (non-hydrogen) atoms.